The van der Waals surface area contributed by atoms with Crippen LogP contribution in [-0.4, -0.2) is 34.9 Å². The maximum atomic E-state index is 12.4. The number of aliphatic hydroxyl groups is 1. The lowest BCUT2D eigenvalue weighted by Crippen LogP contribution is -2.45. The molecule has 2 aromatic rings. The van der Waals surface area contributed by atoms with E-state index in [1.807, 2.05) is 30.3 Å². The van der Waals surface area contributed by atoms with Crippen LogP contribution in [-0.2, 0) is 11.2 Å². The number of nitrogens with one attached hydrogen (secondary N) is 2. The molecule has 0 heterocycles. The Kier molecular flexibility index (Phi) is 8.10. The molecule has 6 nitrogen and oxygen atoms in total. The molecule has 2 unspecified atom stereocenters. The van der Waals surface area contributed by atoms with Gasteiger partial charge in [0.1, 0.15) is 0 Å². The zero-order valence-corrected chi connectivity index (χ0v) is 15.5. The van der Waals surface area contributed by atoms with Crippen LogP contribution in [0.2, 0.25) is 5.02 Å². The number of benzene rings is 2. The van der Waals surface area contributed by atoms with E-state index < -0.39 is 18.0 Å². The molecule has 0 saturated heterocycles. The number of carbonyl (C=O) groups is 2. The molecule has 0 fully saturated rings. The highest BCUT2D eigenvalue weighted by Crippen LogP contribution is 2.16. The van der Waals surface area contributed by atoms with Crippen LogP contribution in [0.5, 0.6) is 0 Å². The van der Waals surface area contributed by atoms with Gasteiger partial charge in [0.2, 0.25) is 0 Å². The molecule has 4 N–H and O–H groups in total. The third-order valence-corrected chi connectivity index (χ3v) is 4.38. The molecule has 2 atom stereocenters. The van der Waals surface area contributed by atoms with E-state index in [1.54, 1.807) is 24.3 Å². The first kappa shape index (κ1) is 20.7. The lowest BCUT2D eigenvalue weighted by atomic mass is 10.0. The predicted octanol–water partition coefficient (Wildman–Crippen LogP) is 3.15. The van der Waals surface area contributed by atoms with Gasteiger partial charge in [-0.2, -0.15) is 0 Å². The number of hydrogen-bond donors (Lipinski definition) is 4. The van der Waals surface area contributed by atoms with Gasteiger partial charge >= 0.3 is 12.0 Å². The Bertz CT molecular complexity index is 737. The van der Waals surface area contributed by atoms with E-state index in [9.17, 15) is 14.7 Å². The van der Waals surface area contributed by atoms with Crippen molar-refractivity contribution in [2.75, 3.05) is 6.61 Å². The van der Waals surface area contributed by atoms with Crippen LogP contribution in [0.1, 0.15) is 30.0 Å². The minimum absolute atomic E-state index is 0.0433. The first-order chi connectivity index (χ1) is 13.0. The summed E-state index contributed by atoms with van der Waals surface area (Å²) in [5, 5.41) is 24.6. The van der Waals surface area contributed by atoms with E-state index in [1.165, 1.54) is 0 Å². The van der Waals surface area contributed by atoms with E-state index in [0.29, 0.717) is 17.9 Å². The monoisotopic (exact) mass is 390 g/mol. The number of urea groups is 1. The van der Waals surface area contributed by atoms with Crippen molar-refractivity contribution in [3.63, 3.8) is 0 Å². The highest BCUT2D eigenvalue weighted by molar-refractivity contribution is 6.30. The molecular weight excluding hydrogens is 368 g/mol. The number of carboxylic acids is 1. The highest BCUT2D eigenvalue weighted by atomic mass is 35.5. The molecule has 2 aromatic carbocycles. The fraction of sp³-hybridized carbons (Fsp3) is 0.300. The maximum Gasteiger partial charge on any atom is 0.315 e. The van der Waals surface area contributed by atoms with Crippen molar-refractivity contribution in [1.82, 2.24) is 10.6 Å². The summed E-state index contributed by atoms with van der Waals surface area (Å²) in [6, 6.07) is 15.0. The van der Waals surface area contributed by atoms with Gasteiger partial charge in [0.05, 0.1) is 12.6 Å². The van der Waals surface area contributed by atoms with E-state index in [2.05, 4.69) is 10.6 Å². The van der Waals surface area contributed by atoms with Gasteiger partial charge in [0, 0.05) is 17.5 Å². The zero-order chi connectivity index (χ0) is 19.6. The summed E-state index contributed by atoms with van der Waals surface area (Å²) in [7, 11) is 0. The lowest BCUT2D eigenvalue weighted by Gasteiger charge is -2.22. The number of aliphatic hydroxyl groups excluding tert-OH is 1. The van der Waals surface area contributed by atoms with Crippen molar-refractivity contribution in [3.05, 3.63) is 70.7 Å². The topological polar surface area (TPSA) is 98.7 Å². The minimum Gasteiger partial charge on any atom is -0.481 e. The van der Waals surface area contributed by atoms with Crippen molar-refractivity contribution in [2.24, 2.45) is 0 Å². The van der Waals surface area contributed by atoms with Gasteiger partial charge in [-0.3, -0.25) is 4.79 Å². The smallest absolute Gasteiger partial charge is 0.315 e. The SMILES string of the molecule is O=C(O)CCC(Cc1ccccc1)NC(=O)NC(CO)c1ccc(Cl)cc1. The van der Waals surface area contributed by atoms with Crippen molar-refractivity contribution >= 4 is 23.6 Å². The Hall–Kier alpha value is -2.57. The maximum absolute atomic E-state index is 12.4. The van der Waals surface area contributed by atoms with Crippen LogP contribution in [0.4, 0.5) is 4.79 Å². The van der Waals surface area contributed by atoms with Crippen LogP contribution >= 0.6 is 11.6 Å². The number of carboxylic acid groups (broad SMARTS) is 1. The molecule has 0 aliphatic carbocycles. The average molecular weight is 391 g/mol. The fourth-order valence-electron chi connectivity index (χ4n) is 2.74. The summed E-state index contributed by atoms with van der Waals surface area (Å²) in [5.41, 5.74) is 1.73. The normalized spacial score (nSPS) is 12.8. The average Bonchev–Trinajstić information content (AvgIpc) is 2.66. The standard InChI is InChI=1S/C20H23ClN2O4/c21-16-8-6-15(7-9-16)18(13-24)23-20(27)22-17(10-11-19(25)26)12-14-4-2-1-3-5-14/h1-9,17-18,24H,10-13H2,(H,25,26)(H2,22,23,27). The first-order valence-electron chi connectivity index (χ1n) is 8.67. The fourth-order valence-corrected chi connectivity index (χ4v) is 2.86. The summed E-state index contributed by atoms with van der Waals surface area (Å²) < 4.78 is 0. The van der Waals surface area contributed by atoms with Crippen LogP contribution in [0.3, 0.4) is 0 Å². The number of hydrogen-bond acceptors (Lipinski definition) is 3. The second-order valence-electron chi connectivity index (χ2n) is 6.22. The molecule has 7 heteroatoms. The van der Waals surface area contributed by atoms with Crippen molar-refractivity contribution < 1.29 is 19.8 Å². The van der Waals surface area contributed by atoms with Gasteiger partial charge in [-0.05, 0) is 36.1 Å². The predicted molar refractivity (Wildman–Crippen MR) is 104 cm³/mol. The second kappa shape index (κ2) is 10.5. The second-order valence-corrected chi connectivity index (χ2v) is 6.66. The van der Waals surface area contributed by atoms with Gasteiger partial charge in [-0.15, -0.1) is 0 Å². The summed E-state index contributed by atoms with van der Waals surface area (Å²) in [5.74, 6) is -0.912. The molecule has 0 bridgehead atoms. The van der Waals surface area contributed by atoms with Crippen LogP contribution in [0.25, 0.3) is 0 Å². The summed E-state index contributed by atoms with van der Waals surface area (Å²) in [6.07, 6.45) is 0.785. The van der Waals surface area contributed by atoms with Crippen LogP contribution in [0, 0.1) is 0 Å². The highest BCUT2D eigenvalue weighted by Gasteiger charge is 2.18. The number of halogens is 1. The Morgan fingerprint density at radius 1 is 1.00 bits per heavy atom. The number of aliphatic carboxylic acids is 1. The first-order valence-corrected chi connectivity index (χ1v) is 9.04. The molecule has 0 spiro atoms. The number of rotatable bonds is 9. The zero-order valence-electron chi connectivity index (χ0n) is 14.8. The van der Waals surface area contributed by atoms with Gasteiger partial charge in [-0.1, -0.05) is 54.1 Å². The molecule has 0 aliphatic rings. The van der Waals surface area contributed by atoms with Crippen molar-refractivity contribution in [1.29, 1.82) is 0 Å². The van der Waals surface area contributed by atoms with Gasteiger partial charge in [0.15, 0.2) is 0 Å². The van der Waals surface area contributed by atoms with Crippen molar-refractivity contribution in [3.8, 4) is 0 Å². The van der Waals surface area contributed by atoms with Crippen LogP contribution in [0.15, 0.2) is 54.6 Å². The molecule has 2 amide bonds. The molecule has 0 aliphatic heterocycles. The van der Waals surface area contributed by atoms with Gasteiger partial charge < -0.3 is 20.8 Å². The lowest BCUT2D eigenvalue weighted by molar-refractivity contribution is -0.137. The number of carbonyl (C=O) groups excluding carboxylic acids is 1. The number of amides is 2. The van der Waals surface area contributed by atoms with Gasteiger partial charge in [-0.25, -0.2) is 4.79 Å². The Morgan fingerprint density at radius 3 is 2.26 bits per heavy atom. The van der Waals surface area contributed by atoms with E-state index >= 15 is 0 Å². The third kappa shape index (κ3) is 7.29. The van der Waals surface area contributed by atoms with Gasteiger partial charge in [0.25, 0.3) is 0 Å². The molecule has 0 radical (unpaired) electrons. The Labute approximate surface area is 163 Å². The molecule has 0 saturated carbocycles. The molecule has 144 valence electrons. The third-order valence-electron chi connectivity index (χ3n) is 4.13. The molecule has 0 aromatic heterocycles. The summed E-state index contributed by atoms with van der Waals surface area (Å²) >= 11 is 5.86. The summed E-state index contributed by atoms with van der Waals surface area (Å²) in [4.78, 5) is 23.3. The van der Waals surface area contributed by atoms with Crippen molar-refractivity contribution in [2.45, 2.75) is 31.3 Å². The Morgan fingerprint density at radius 2 is 1.67 bits per heavy atom. The molecular formula is C20H23ClN2O4. The quantitative estimate of drug-likeness (QED) is 0.528. The molecule has 27 heavy (non-hydrogen) atoms. The summed E-state index contributed by atoms with van der Waals surface area (Å²) in [6.45, 7) is -0.270. The van der Waals surface area contributed by atoms with E-state index in [4.69, 9.17) is 16.7 Å². The van der Waals surface area contributed by atoms with E-state index in [-0.39, 0.29) is 19.1 Å². The minimum atomic E-state index is -0.912. The molecule has 2 rings (SSSR count). The van der Waals surface area contributed by atoms with Crippen LogP contribution < -0.4 is 10.6 Å². The van der Waals surface area contributed by atoms with E-state index in [0.717, 1.165) is 11.1 Å². The largest absolute Gasteiger partial charge is 0.481 e. The Balaban J connectivity index is 2.00.